The van der Waals surface area contributed by atoms with Gasteiger partial charge in [-0.25, -0.2) is 4.68 Å². The Morgan fingerprint density at radius 1 is 1.30 bits per heavy atom. The molecule has 0 fully saturated rings. The molecule has 0 bridgehead atoms. The van der Waals surface area contributed by atoms with Gasteiger partial charge in [-0.1, -0.05) is 30.5 Å². The monoisotopic (exact) mass is 294 g/mol. The molecule has 7 heteroatoms. The lowest BCUT2D eigenvalue weighted by atomic mass is 10.1. The first-order valence-corrected chi connectivity index (χ1v) is 8.01. The van der Waals surface area contributed by atoms with Crippen LogP contribution >= 0.6 is 11.5 Å². The van der Waals surface area contributed by atoms with E-state index in [1.165, 1.54) is 16.4 Å². The zero-order valence-electron chi connectivity index (χ0n) is 12.3. The summed E-state index contributed by atoms with van der Waals surface area (Å²) in [5, 5.41) is 16.1. The first-order valence-electron chi connectivity index (χ1n) is 7.24. The Balaban J connectivity index is 2.34. The first kappa shape index (κ1) is 15.1. The van der Waals surface area contributed by atoms with Crippen molar-refractivity contribution in [1.82, 2.24) is 29.9 Å². The van der Waals surface area contributed by atoms with Crippen molar-refractivity contribution < 1.29 is 0 Å². The lowest BCUT2D eigenvalue weighted by Crippen LogP contribution is -2.26. The maximum atomic E-state index is 4.23. The van der Waals surface area contributed by atoms with Crippen molar-refractivity contribution in [3.05, 3.63) is 22.5 Å². The predicted octanol–water partition coefficient (Wildman–Crippen LogP) is 2.19. The topological polar surface area (TPSA) is 68.5 Å². The average Bonchev–Trinajstić information content (AvgIpc) is 3.09. The van der Waals surface area contributed by atoms with Gasteiger partial charge >= 0.3 is 0 Å². The lowest BCUT2D eigenvalue weighted by molar-refractivity contribution is 0.506. The van der Waals surface area contributed by atoms with Gasteiger partial charge in [-0.15, -0.1) is 10.2 Å². The second-order valence-corrected chi connectivity index (χ2v) is 5.49. The van der Waals surface area contributed by atoms with Crippen LogP contribution in [0.3, 0.4) is 0 Å². The van der Waals surface area contributed by atoms with Crippen molar-refractivity contribution in [2.45, 2.75) is 52.6 Å². The Morgan fingerprint density at radius 3 is 2.85 bits per heavy atom. The maximum Gasteiger partial charge on any atom is 0.0893 e. The van der Waals surface area contributed by atoms with Crippen molar-refractivity contribution in [1.29, 1.82) is 0 Å². The molecule has 0 aliphatic rings. The second-order valence-electron chi connectivity index (χ2n) is 4.71. The van der Waals surface area contributed by atoms with Gasteiger partial charge in [0.25, 0.3) is 0 Å². The van der Waals surface area contributed by atoms with Gasteiger partial charge < -0.3 is 5.32 Å². The summed E-state index contributed by atoms with van der Waals surface area (Å²) in [6.07, 6.45) is 4.87. The molecule has 1 unspecified atom stereocenters. The molecule has 0 amide bonds. The molecular weight excluding hydrogens is 272 g/mol. The molecule has 2 rings (SSSR count). The number of aromatic nitrogens is 5. The SMILES string of the molecule is CCCNC(c1snnc1CC)c1cnnn1CCC. The van der Waals surface area contributed by atoms with E-state index in [2.05, 4.69) is 46.0 Å². The van der Waals surface area contributed by atoms with Crippen LogP contribution in [0.2, 0.25) is 0 Å². The predicted molar refractivity (Wildman–Crippen MR) is 79.7 cm³/mol. The highest BCUT2D eigenvalue weighted by Gasteiger charge is 2.23. The van der Waals surface area contributed by atoms with Gasteiger partial charge in [0.05, 0.1) is 28.5 Å². The van der Waals surface area contributed by atoms with Crippen LogP contribution in [0.4, 0.5) is 0 Å². The standard InChI is InChI=1S/C13H22N6S/c1-4-7-14-12(13-10(6-3)16-18-20-13)11-9-15-17-19(11)8-5-2/h9,12,14H,4-8H2,1-3H3. The van der Waals surface area contributed by atoms with Crippen LogP contribution in [-0.2, 0) is 13.0 Å². The highest BCUT2D eigenvalue weighted by atomic mass is 32.1. The average molecular weight is 294 g/mol. The van der Waals surface area contributed by atoms with Crippen LogP contribution in [0.15, 0.2) is 6.20 Å². The largest absolute Gasteiger partial charge is 0.304 e. The maximum absolute atomic E-state index is 4.23. The molecule has 0 aliphatic heterocycles. The highest BCUT2D eigenvalue weighted by molar-refractivity contribution is 7.05. The molecular formula is C13H22N6S. The summed E-state index contributed by atoms with van der Waals surface area (Å²) >= 11 is 1.47. The zero-order chi connectivity index (χ0) is 14.4. The summed E-state index contributed by atoms with van der Waals surface area (Å²) in [7, 11) is 0. The minimum Gasteiger partial charge on any atom is -0.304 e. The van der Waals surface area contributed by atoms with Gasteiger partial charge in [-0.2, -0.15) is 0 Å². The molecule has 20 heavy (non-hydrogen) atoms. The van der Waals surface area contributed by atoms with Gasteiger partial charge in [0.2, 0.25) is 0 Å². The van der Waals surface area contributed by atoms with Crippen molar-refractivity contribution in [2.24, 2.45) is 0 Å². The van der Waals surface area contributed by atoms with Crippen LogP contribution in [-0.4, -0.2) is 31.1 Å². The molecule has 0 spiro atoms. The van der Waals surface area contributed by atoms with E-state index in [1.807, 2.05) is 10.9 Å². The summed E-state index contributed by atoms with van der Waals surface area (Å²) in [5.74, 6) is 0. The van der Waals surface area contributed by atoms with Gasteiger partial charge in [0.1, 0.15) is 0 Å². The van der Waals surface area contributed by atoms with Crippen molar-refractivity contribution in [2.75, 3.05) is 6.54 Å². The molecule has 2 aromatic rings. The third-order valence-corrected chi connectivity index (χ3v) is 3.99. The summed E-state index contributed by atoms with van der Waals surface area (Å²) in [6, 6.07) is 0.0893. The molecule has 2 heterocycles. The van der Waals surface area contributed by atoms with Crippen molar-refractivity contribution in [3.8, 4) is 0 Å². The smallest absolute Gasteiger partial charge is 0.0893 e. The zero-order valence-corrected chi connectivity index (χ0v) is 13.2. The van der Waals surface area contributed by atoms with Crippen LogP contribution in [0.5, 0.6) is 0 Å². The second kappa shape index (κ2) is 7.44. The minimum absolute atomic E-state index is 0.0893. The number of aryl methyl sites for hydroxylation is 2. The van der Waals surface area contributed by atoms with E-state index < -0.39 is 0 Å². The fraction of sp³-hybridized carbons (Fsp3) is 0.692. The molecule has 0 aromatic carbocycles. The fourth-order valence-electron chi connectivity index (χ4n) is 2.17. The molecule has 0 saturated carbocycles. The molecule has 1 atom stereocenters. The van der Waals surface area contributed by atoms with E-state index in [-0.39, 0.29) is 6.04 Å². The van der Waals surface area contributed by atoms with E-state index >= 15 is 0 Å². The van der Waals surface area contributed by atoms with Crippen molar-refractivity contribution in [3.63, 3.8) is 0 Å². The van der Waals surface area contributed by atoms with Gasteiger partial charge in [0.15, 0.2) is 0 Å². The summed E-state index contributed by atoms with van der Waals surface area (Å²) < 4.78 is 6.09. The Hall–Kier alpha value is -1.34. The Bertz CT molecular complexity index is 520. The van der Waals surface area contributed by atoms with E-state index in [1.54, 1.807) is 0 Å². The van der Waals surface area contributed by atoms with E-state index in [0.717, 1.165) is 43.7 Å². The molecule has 1 N–H and O–H groups in total. The van der Waals surface area contributed by atoms with Gasteiger partial charge in [-0.05, 0) is 37.3 Å². The quantitative estimate of drug-likeness (QED) is 0.808. The minimum atomic E-state index is 0.0893. The molecule has 0 saturated heterocycles. The summed E-state index contributed by atoms with van der Waals surface area (Å²) in [6.45, 7) is 8.25. The molecule has 0 aliphatic carbocycles. The number of nitrogens with zero attached hydrogens (tertiary/aromatic N) is 5. The molecule has 2 aromatic heterocycles. The van der Waals surface area contributed by atoms with Crippen LogP contribution in [0.1, 0.15) is 55.9 Å². The van der Waals surface area contributed by atoms with E-state index in [4.69, 9.17) is 0 Å². The van der Waals surface area contributed by atoms with Crippen LogP contribution in [0.25, 0.3) is 0 Å². The van der Waals surface area contributed by atoms with E-state index in [9.17, 15) is 0 Å². The summed E-state index contributed by atoms with van der Waals surface area (Å²) in [5.41, 5.74) is 2.16. The number of hydrogen-bond donors (Lipinski definition) is 1. The molecule has 0 radical (unpaired) electrons. The fourth-order valence-corrected chi connectivity index (χ4v) is 3.00. The van der Waals surface area contributed by atoms with Crippen LogP contribution < -0.4 is 5.32 Å². The Labute approximate surface area is 123 Å². The Morgan fingerprint density at radius 2 is 2.15 bits per heavy atom. The van der Waals surface area contributed by atoms with Crippen molar-refractivity contribution >= 4 is 11.5 Å². The number of hydrogen-bond acceptors (Lipinski definition) is 6. The number of rotatable bonds is 8. The van der Waals surface area contributed by atoms with Gasteiger partial charge in [-0.3, -0.25) is 0 Å². The van der Waals surface area contributed by atoms with E-state index in [0.29, 0.717) is 0 Å². The highest BCUT2D eigenvalue weighted by Crippen LogP contribution is 2.27. The third kappa shape index (κ3) is 3.21. The van der Waals surface area contributed by atoms with Crippen LogP contribution in [0, 0.1) is 0 Å². The third-order valence-electron chi connectivity index (χ3n) is 3.16. The van der Waals surface area contributed by atoms with Gasteiger partial charge in [0, 0.05) is 6.54 Å². The molecule has 6 nitrogen and oxygen atoms in total. The normalized spacial score (nSPS) is 12.8. The number of nitrogens with one attached hydrogen (secondary N) is 1. The summed E-state index contributed by atoms with van der Waals surface area (Å²) in [4.78, 5) is 1.18. The molecule has 110 valence electrons. The Kier molecular flexibility index (Phi) is 5.60. The first-order chi connectivity index (χ1) is 9.81. The lowest BCUT2D eigenvalue weighted by Gasteiger charge is -2.18.